The number of aromatic nitrogens is 1. The molecule has 1 aromatic carbocycles. The van der Waals surface area contributed by atoms with Crippen LogP contribution in [0.2, 0.25) is 0 Å². The van der Waals surface area contributed by atoms with E-state index in [1.165, 1.54) is 22.8 Å². The first-order valence-electron chi connectivity index (χ1n) is 7.51. The summed E-state index contributed by atoms with van der Waals surface area (Å²) < 4.78 is 27.1. The Labute approximate surface area is 137 Å². The van der Waals surface area contributed by atoms with E-state index < -0.39 is 15.6 Å². The highest BCUT2D eigenvalue weighted by Crippen LogP contribution is 2.21. The van der Waals surface area contributed by atoms with Crippen LogP contribution in [0.3, 0.4) is 0 Å². The van der Waals surface area contributed by atoms with Crippen LogP contribution in [-0.4, -0.2) is 35.0 Å². The topological polar surface area (TPSA) is 70.5 Å². The Morgan fingerprint density at radius 2 is 1.87 bits per heavy atom. The molecule has 1 unspecified atom stereocenters. The molecule has 0 spiro atoms. The zero-order chi connectivity index (χ0) is 16.9. The quantitative estimate of drug-likeness (QED) is 0.844. The van der Waals surface area contributed by atoms with E-state index in [1.54, 1.807) is 13.0 Å². The molecule has 0 aliphatic rings. The Morgan fingerprint density at radius 3 is 2.43 bits per heavy atom. The first-order valence-corrected chi connectivity index (χ1v) is 8.96. The van der Waals surface area contributed by atoms with Crippen molar-refractivity contribution in [2.45, 2.75) is 37.3 Å². The Kier molecular flexibility index (Phi) is 5.51. The van der Waals surface area contributed by atoms with Crippen LogP contribution in [0.5, 0.6) is 0 Å². The molecule has 1 atom stereocenters. The number of pyridine rings is 1. The SMILES string of the molecule is CCC(C)(O)CN(Cc1ccccc1)S(=O)(=O)c1cccnc1. The summed E-state index contributed by atoms with van der Waals surface area (Å²) in [6.07, 6.45) is 3.32. The first kappa shape index (κ1) is 17.6. The largest absolute Gasteiger partial charge is 0.389 e. The monoisotopic (exact) mass is 334 g/mol. The minimum Gasteiger partial charge on any atom is -0.389 e. The molecule has 1 N–H and O–H groups in total. The van der Waals surface area contributed by atoms with Gasteiger partial charge in [-0.3, -0.25) is 4.98 Å². The van der Waals surface area contributed by atoms with E-state index in [4.69, 9.17) is 0 Å². The Morgan fingerprint density at radius 1 is 1.17 bits per heavy atom. The third kappa shape index (κ3) is 4.60. The molecule has 0 radical (unpaired) electrons. The van der Waals surface area contributed by atoms with E-state index in [0.717, 1.165) is 5.56 Å². The lowest BCUT2D eigenvalue weighted by Gasteiger charge is -2.30. The highest BCUT2D eigenvalue weighted by Gasteiger charge is 2.31. The Balaban J connectivity index is 2.37. The average Bonchev–Trinajstić information content (AvgIpc) is 2.56. The van der Waals surface area contributed by atoms with Gasteiger partial charge in [-0.25, -0.2) is 8.42 Å². The fraction of sp³-hybridized carbons (Fsp3) is 0.353. The minimum atomic E-state index is -3.73. The number of hydrogen-bond acceptors (Lipinski definition) is 4. The predicted octanol–water partition coefficient (Wildman–Crippen LogP) is 2.43. The molecule has 2 rings (SSSR count). The maximum Gasteiger partial charge on any atom is 0.245 e. The van der Waals surface area contributed by atoms with Crippen molar-refractivity contribution in [3.63, 3.8) is 0 Å². The summed E-state index contributed by atoms with van der Waals surface area (Å²) in [5.41, 5.74) is -0.226. The van der Waals surface area contributed by atoms with Crippen LogP contribution in [0, 0.1) is 0 Å². The number of hydrogen-bond donors (Lipinski definition) is 1. The molecule has 0 bridgehead atoms. The summed E-state index contributed by atoms with van der Waals surface area (Å²) in [4.78, 5) is 4.02. The standard InChI is InChI=1S/C17H22N2O3S/c1-3-17(2,20)14-19(13-15-8-5-4-6-9-15)23(21,22)16-10-7-11-18-12-16/h4-12,20H,3,13-14H2,1-2H3. The summed E-state index contributed by atoms with van der Waals surface area (Å²) in [7, 11) is -3.73. The van der Waals surface area contributed by atoms with Crippen LogP contribution in [0.4, 0.5) is 0 Å². The van der Waals surface area contributed by atoms with E-state index in [-0.39, 0.29) is 18.0 Å². The van der Waals surface area contributed by atoms with Gasteiger partial charge in [-0.05, 0) is 31.0 Å². The third-order valence-corrected chi connectivity index (χ3v) is 5.53. The van der Waals surface area contributed by atoms with E-state index in [2.05, 4.69) is 4.98 Å². The van der Waals surface area contributed by atoms with E-state index in [9.17, 15) is 13.5 Å². The maximum atomic E-state index is 12.9. The Bertz CT molecular complexity index is 716. The molecule has 0 saturated heterocycles. The van der Waals surface area contributed by atoms with Gasteiger partial charge in [0.2, 0.25) is 10.0 Å². The average molecular weight is 334 g/mol. The fourth-order valence-corrected chi connectivity index (χ4v) is 3.66. The number of aliphatic hydroxyl groups is 1. The van der Waals surface area contributed by atoms with Gasteiger partial charge >= 0.3 is 0 Å². The van der Waals surface area contributed by atoms with Crippen molar-refractivity contribution < 1.29 is 13.5 Å². The molecule has 0 aliphatic heterocycles. The van der Waals surface area contributed by atoms with Crippen molar-refractivity contribution in [2.24, 2.45) is 0 Å². The molecule has 23 heavy (non-hydrogen) atoms. The van der Waals surface area contributed by atoms with Gasteiger partial charge in [0.15, 0.2) is 0 Å². The van der Waals surface area contributed by atoms with Crippen molar-refractivity contribution in [1.29, 1.82) is 0 Å². The highest BCUT2D eigenvalue weighted by molar-refractivity contribution is 7.89. The zero-order valence-electron chi connectivity index (χ0n) is 13.4. The van der Waals surface area contributed by atoms with Crippen molar-refractivity contribution in [1.82, 2.24) is 9.29 Å². The van der Waals surface area contributed by atoms with Crippen LogP contribution in [0.1, 0.15) is 25.8 Å². The highest BCUT2D eigenvalue weighted by atomic mass is 32.2. The molecule has 1 heterocycles. The summed E-state index contributed by atoms with van der Waals surface area (Å²) >= 11 is 0. The molecule has 0 amide bonds. The van der Waals surface area contributed by atoms with Gasteiger partial charge in [0.1, 0.15) is 4.90 Å². The predicted molar refractivity (Wildman–Crippen MR) is 89.2 cm³/mol. The molecule has 0 fully saturated rings. The molecule has 0 saturated carbocycles. The van der Waals surface area contributed by atoms with Crippen LogP contribution >= 0.6 is 0 Å². The van der Waals surface area contributed by atoms with Crippen molar-refractivity contribution in [3.05, 3.63) is 60.4 Å². The molecule has 2 aromatic rings. The van der Waals surface area contributed by atoms with Crippen LogP contribution in [-0.2, 0) is 16.6 Å². The van der Waals surface area contributed by atoms with Crippen molar-refractivity contribution >= 4 is 10.0 Å². The van der Waals surface area contributed by atoms with Gasteiger partial charge in [0.25, 0.3) is 0 Å². The third-order valence-electron chi connectivity index (χ3n) is 3.75. The first-order chi connectivity index (χ1) is 10.8. The van der Waals surface area contributed by atoms with Crippen molar-refractivity contribution in [2.75, 3.05) is 6.54 Å². The van der Waals surface area contributed by atoms with Crippen molar-refractivity contribution in [3.8, 4) is 0 Å². The number of sulfonamides is 1. The molecule has 5 nitrogen and oxygen atoms in total. The lowest BCUT2D eigenvalue weighted by Crippen LogP contribution is -2.43. The molecular formula is C17H22N2O3S. The lowest BCUT2D eigenvalue weighted by molar-refractivity contribution is 0.0355. The molecule has 124 valence electrons. The molecular weight excluding hydrogens is 312 g/mol. The summed E-state index contributed by atoms with van der Waals surface area (Å²) in [5, 5.41) is 10.4. The van der Waals surface area contributed by atoms with Gasteiger partial charge in [0.05, 0.1) is 5.60 Å². The molecule has 6 heteroatoms. The second-order valence-corrected chi connectivity index (χ2v) is 7.74. The van der Waals surface area contributed by atoms with Crippen LogP contribution < -0.4 is 0 Å². The van der Waals surface area contributed by atoms with Gasteiger partial charge in [-0.1, -0.05) is 37.3 Å². The Hall–Kier alpha value is -1.76. The van der Waals surface area contributed by atoms with Crippen LogP contribution in [0.15, 0.2) is 59.8 Å². The van der Waals surface area contributed by atoms with E-state index in [1.807, 2.05) is 37.3 Å². The number of rotatable bonds is 7. The lowest BCUT2D eigenvalue weighted by atomic mass is 10.0. The van der Waals surface area contributed by atoms with E-state index >= 15 is 0 Å². The molecule has 0 aliphatic carbocycles. The normalized spacial score (nSPS) is 14.6. The second-order valence-electron chi connectivity index (χ2n) is 5.80. The van der Waals surface area contributed by atoms with Gasteiger partial charge < -0.3 is 5.11 Å². The van der Waals surface area contributed by atoms with Gasteiger partial charge in [-0.15, -0.1) is 0 Å². The summed E-state index contributed by atoms with van der Waals surface area (Å²) in [5.74, 6) is 0. The van der Waals surface area contributed by atoms with Crippen LogP contribution in [0.25, 0.3) is 0 Å². The maximum absolute atomic E-state index is 12.9. The summed E-state index contributed by atoms with van der Waals surface area (Å²) in [6.45, 7) is 3.70. The number of nitrogens with zero attached hydrogens (tertiary/aromatic N) is 2. The van der Waals surface area contributed by atoms with Gasteiger partial charge in [-0.2, -0.15) is 4.31 Å². The zero-order valence-corrected chi connectivity index (χ0v) is 14.2. The summed E-state index contributed by atoms with van der Waals surface area (Å²) in [6, 6.07) is 12.4. The fourth-order valence-electron chi connectivity index (χ4n) is 2.15. The second kappa shape index (κ2) is 7.21. The smallest absolute Gasteiger partial charge is 0.245 e. The number of benzene rings is 1. The minimum absolute atomic E-state index is 0.0234. The molecule has 1 aromatic heterocycles. The van der Waals surface area contributed by atoms with Gasteiger partial charge in [0, 0.05) is 25.5 Å². The van der Waals surface area contributed by atoms with E-state index in [0.29, 0.717) is 6.42 Å².